The molecule has 1 heterocycles. The first-order valence-corrected chi connectivity index (χ1v) is 4.26. The van der Waals surface area contributed by atoms with Crippen LogP contribution in [-0.4, -0.2) is 24.4 Å². The third-order valence-electron chi connectivity index (χ3n) is 1.88. The van der Waals surface area contributed by atoms with Gasteiger partial charge < -0.3 is 4.90 Å². The van der Waals surface area contributed by atoms with Crippen molar-refractivity contribution in [3.05, 3.63) is 24.0 Å². The van der Waals surface area contributed by atoms with E-state index in [1.165, 1.54) is 6.92 Å². The first-order chi connectivity index (χ1) is 6.65. The Morgan fingerprint density at radius 3 is 2.79 bits per heavy atom. The molecular formula is C11H12N2O. The zero-order valence-corrected chi connectivity index (χ0v) is 8.32. The van der Waals surface area contributed by atoms with Crippen LogP contribution < -0.4 is 4.90 Å². The lowest BCUT2D eigenvalue weighted by Crippen LogP contribution is -2.17. The van der Waals surface area contributed by atoms with Crippen LogP contribution >= 0.6 is 0 Å². The number of aromatic nitrogens is 1. The van der Waals surface area contributed by atoms with Gasteiger partial charge in [-0.25, -0.2) is 0 Å². The van der Waals surface area contributed by atoms with E-state index in [1.807, 2.05) is 18.0 Å². The number of ketones is 1. The van der Waals surface area contributed by atoms with E-state index in [0.717, 1.165) is 5.69 Å². The largest absolute Gasteiger partial charge is 0.362 e. The highest BCUT2D eigenvalue weighted by molar-refractivity contribution is 5.92. The zero-order chi connectivity index (χ0) is 10.6. The standard InChI is InChI=1S/C11H12N2O/c1-4-7-13(3)10-5-6-11(9(2)14)12-8-10/h1,5-6,8H,7H2,2-3H3. The number of carbonyl (C=O) groups excluding carboxylic acids is 1. The Balaban J connectivity index is 2.84. The summed E-state index contributed by atoms with van der Waals surface area (Å²) in [6.45, 7) is 2.02. The van der Waals surface area contributed by atoms with E-state index in [2.05, 4.69) is 10.9 Å². The highest BCUT2D eigenvalue weighted by Gasteiger charge is 2.02. The number of pyridine rings is 1. The van der Waals surface area contributed by atoms with E-state index >= 15 is 0 Å². The molecule has 0 unspecified atom stereocenters. The van der Waals surface area contributed by atoms with Crippen molar-refractivity contribution in [3.8, 4) is 12.3 Å². The van der Waals surface area contributed by atoms with Gasteiger partial charge in [-0.15, -0.1) is 6.42 Å². The summed E-state index contributed by atoms with van der Waals surface area (Å²) in [5, 5.41) is 0. The van der Waals surface area contributed by atoms with Crippen LogP contribution in [0.1, 0.15) is 17.4 Å². The predicted octanol–water partition coefficient (Wildman–Crippen LogP) is 1.35. The number of Topliss-reactive ketones (excluding diaryl/α,β-unsaturated/α-hetero) is 1. The van der Waals surface area contributed by atoms with E-state index in [-0.39, 0.29) is 5.78 Å². The molecule has 3 heteroatoms. The minimum absolute atomic E-state index is 0.0313. The van der Waals surface area contributed by atoms with Gasteiger partial charge in [-0.2, -0.15) is 0 Å². The molecule has 0 atom stereocenters. The second-order valence-electron chi connectivity index (χ2n) is 3.02. The normalized spacial score (nSPS) is 9.21. The van der Waals surface area contributed by atoms with Crippen molar-refractivity contribution in [1.82, 2.24) is 4.98 Å². The minimum Gasteiger partial charge on any atom is -0.362 e. The number of rotatable bonds is 3. The number of terminal acetylenes is 1. The van der Waals surface area contributed by atoms with Gasteiger partial charge >= 0.3 is 0 Å². The van der Waals surface area contributed by atoms with Gasteiger partial charge in [0.15, 0.2) is 5.78 Å². The molecule has 1 aromatic heterocycles. The molecule has 0 spiro atoms. The second kappa shape index (κ2) is 4.43. The molecule has 72 valence electrons. The fourth-order valence-corrected chi connectivity index (χ4v) is 1.05. The Kier molecular flexibility index (Phi) is 3.24. The lowest BCUT2D eigenvalue weighted by Gasteiger charge is -2.15. The summed E-state index contributed by atoms with van der Waals surface area (Å²) in [5.74, 6) is 2.50. The summed E-state index contributed by atoms with van der Waals surface area (Å²) in [4.78, 5) is 16.9. The van der Waals surface area contributed by atoms with Crippen molar-refractivity contribution in [2.45, 2.75) is 6.92 Å². The number of anilines is 1. The Bertz CT molecular complexity index is 362. The summed E-state index contributed by atoms with van der Waals surface area (Å²) in [5.41, 5.74) is 1.39. The summed E-state index contributed by atoms with van der Waals surface area (Å²) < 4.78 is 0. The smallest absolute Gasteiger partial charge is 0.178 e. The minimum atomic E-state index is -0.0313. The van der Waals surface area contributed by atoms with Crippen LogP contribution in [0, 0.1) is 12.3 Å². The van der Waals surface area contributed by atoms with Crippen molar-refractivity contribution in [3.63, 3.8) is 0 Å². The van der Waals surface area contributed by atoms with Gasteiger partial charge in [-0.05, 0) is 12.1 Å². The SMILES string of the molecule is C#CCN(C)c1ccc(C(C)=O)nc1. The van der Waals surface area contributed by atoms with Crippen LogP contribution in [0.4, 0.5) is 5.69 Å². The number of nitrogens with zero attached hydrogens (tertiary/aromatic N) is 2. The molecule has 1 rings (SSSR count). The fourth-order valence-electron chi connectivity index (χ4n) is 1.05. The zero-order valence-electron chi connectivity index (χ0n) is 8.32. The molecular weight excluding hydrogens is 176 g/mol. The van der Waals surface area contributed by atoms with E-state index < -0.39 is 0 Å². The lowest BCUT2D eigenvalue weighted by atomic mass is 10.2. The molecule has 0 bridgehead atoms. The lowest BCUT2D eigenvalue weighted by molar-refractivity contribution is 0.101. The molecule has 0 aliphatic rings. The Morgan fingerprint density at radius 2 is 2.36 bits per heavy atom. The van der Waals surface area contributed by atoms with E-state index in [9.17, 15) is 4.79 Å². The molecule has 14 heavy (non-hydrogen) atoms. The Labute approximate surface area is 83.8 Å². The highest BCUT2D eigenvalue weighted by atomic mass is 16.1. The van der Waals surface area contributed by atoms with Crippen LogP contribution in [0.15, 0.2) is 18.3 Å². The van der Waals surface area contributed by atoms with E-state index in [4.69, 9.17) is 6.42 Å². The summed E-state index contributed by atoms with van der Waals surface area (Å²) in [7, 11) is 1.88. The first kappa shape index (κ1) is 10.3. The molecule has 0 aromatic carbocycles. The van der Waals surface area contributed by atoms with E-state index in [0.29, 0.717) is 12.2 Å². The first-order valence-electron chi connectivity index (χ1n) is 4.26. The third-order valence-corrected chi connectivity index (χ3v) is 1.88. The Morgan fingerprint density at radius 1 is 1.64 bits per heavy atom. The van der Waals surface area contributed by atoms with Crippen molar-refractivity contribution in [2.24, 2.45) is 0 Å². The molecule has 0 saturated heterocycles. The van der Waals surface area contributed by atoms with Crippen LogP contribution in [0.3, 0.4) is 0 Å². The number of hydrogen-bond donors (Lipinski definition) is 0. The average molecular weight is 188 g/mol. The van der Waals surface area contributed by atoms with Crippen LogP contribution in [-0.2, 0) is 0 Å². The monoisotopic (exact) mass is 188 g/mol. The Hall–Kier alpha value is -1.82. The molecule has 0 aliphatic heterocycles. The quantitative estimate of drug-likeness (QED) is 0.530. The van der Waals surface area contributed by atoms with Crippen LogP contribution in [0.25, 0.3) is 0 Å². The molecule has 0 aliphatic carbocycles. The van der Waals surface area contributed by atoms with Crippen molar-refractivity contribution < 1.29 is 4.79 Å². The summed E-state index contributed by atoms with van der Waals surface area (Å²) in [6, 6.07) is 3.53. The maximum atomic E-state index is 10.9. The second-order valence-corrected chi connectivity index (χ2v) is 3.02. The van der Waals surface area contributed by atoms with Gasteiger partial charge in [-0.1, -0.05) is 5.92 Å². The van der Waals surface area contributed by atoms with Gasteiger partial charge in [0.05, 0.1) is 18.4 Å². The number of hydrogen-bond acceptors (Lipinski definition) is 3. The fraction of sp³-hybridized carbons (Fsp3) is 0.273. The molecule has 1 aromatic rings. The molecule has 0 saturated carbocycles. The molecule has 0 fully saturated rings. The molecule has 0 N–H and O–H groups in total. The average Bonchev–Trinajstić information content (AvgIpc) is 2.18. The third kappa shape index (κ3) is 2.33. The van der Waals surface area contributed by atoms with Gasteiger partial charge in [0, 0.05) is 14.0 Å². The predicted molar refractivity (Wildman–Crippen MR) is 56.3 cm³/mol. The van der Waals surface area contributed by atoms with Gasteiger partial charge in [0.2, 0.25) is 0 Å². The van der Waals surface area contributed by atoms with Crippen LogP contribution in [0.5, 0.6) is 0 Å². The highest BCUT2D eigenvalue weighted by Crippen LogP contribution is 2.10. The molecule has 0 amide bonds. The van der Waals surface area contributed by atoms with Gasteiger partial charge in [0.1, 0.15) is 5.69 Å². The van der Waals surface area contributed by atoms with Crippen molar-refractivity contribution in [1.29, 1.82) is 0 Å². The van der Waals surface area contributed by atoms with E-state index in [1.54, 1.807) is 12.3 Å². The maximum absolute atomic E-state index is 10.9. The molecule has 3 nitrogen and oxygen atoms in total. The van der Waals surface area contributed by atoms with Gasteiger partial charge in [0.25, 0.3) is 0 Å². The van der Waals surface area contributed by atoms with Crippen molar-refractivity contribution in [2.75, 3.05) is 18.5 Å². The summed E-state index contributed by atoms with van der Waals surface area (Å²) >= 11 is 0. The van der Waals surface area contributed by atoms with Crippen LogP contribution in [0.2, 0.25) is 0 Å². The molecule has 0 radical (unpaired) electrons. The maximum Gasteiger partial charge on any atom is 0.178 e. The number of carbonyl (C=O) groups is 1. The summed E-state index contributed by atoms with van der Waals surface area (Å²) in [6.07, 6.45) is 6.83. The van der Waals surface area contributed by atoms with Crippen molar-refractivity contribution >= 4 is 11.5 Å². The van der Waals surface area contributed by atoms with Gasteiger partial charge in [-0.3, -0.25) is 9.78 Å². The topological polar surface area (TPSA) is 33.2 Å².